The highest BCUT2D eigenvalue weighted by molar-refractivity contribution is 7.90. The van der Waals surface area contributed by atoms with E-state index in [0.29, 0.717) is 10.9 Å². The number of aromatic nitrogens is 2. The van der Waals surface area contributed by atoms with E-state index in [1.165, 1.54) is 6.20 Å². The lowest BCUT2D eigenvalue weighted by atomic mass is 10.1. The number of para-hydroxylation sites is 1. The topological polar surface area (TPSA) is 129 Å². The summed E-state index contributed by atoms with van der Waals surface area (Å²) in [4.78, 5) is 40.2. The molecule has 0 aliphatic carbocycles. The van der Waals surface area contributed by atoms with E-state index >= 15 is 0 Å². The summed E-state index contributed by atoms with van der Waals surface area (Å²) in [5, 5.41) is 0.413. The number of fused-ring (bicyclic) bond motifs is 1. The molecule has 0 radical (unpaired) electrons. The second kappa shape index (κ2) is 6.36. The van der Waals surface area contributed by atoms with Gasteiger partial charge in [0.2, 0.25) is 11.5 Å². The molecule has 0 unspecified atom stereocenters. The molecule has 3 aromatic rings. The summed E-state index contributed by atoms with van der Waals surface area (Å²) in [6.07, 6.45) is 1.97. The summed E-state index contributed by atoms with van der Waals surface area (Å²) < 4.78 is 26.1. The Morgan fingerprint density at radius 3 is 2.48 bits per heavy atom. The Morgan fingerprint density at radius 1 is 1.00 bits per heavy atom. The summed E-state index contributed by atoms with van der Waals surface area (Å²) in [5.74, 6) is -0.855. The molecule has 2 heterocycles. The maximum Gasteiger partial charge on any atom is 0.265 e. The van der Waals surface area contributed by atoms with Gasteiger partial charge in [-0.15, -0.1) is 0 Å². The van der Waals surface area contributed by atoms with Gasteiger partial charge in [-0.25, -0.2) is 13.1 Å². The molecule has 8 nitrogen and oxygen atoms in total. The molecular formula is C16H13N3O5S. The number of benzene rings is 1. The van der Waals surface area contributed by atoms with Crippen molar-refractivity contribution in [2.45, 2.75) is 11.3 Å². The minimum atomic E-state index is -4.13. The molecule has 3 rings (SSSR count). The maximum absolute atomic E-state index is 12.3. The standard InChI is InChI=1S/C16H13N3O5S/c20-14-6-5-11(9-18-14)25(23,24)19-15(21)7-10-8-17-13-4-2-1-3-12(13)16(10)22/h1-6,8-9H,7H2,(H,17,22)(H,18,20)(H,19,21). The van der Waals surface area contributed by atoms with Crippen LogP contribution in [0, 0.1) is 0 Å². The van der Waals surface area contributed by atoms with Crippen LogP contribution in [-0.4, -0.2) is 24.3 Å². The number of H-pyrrole nitrogens is 2. The van der Waals surface area contributed by atoms with Crippen molar-refractivity contribution in [3.8, 4) is 0 Å². The lowest BCUT2D eigenvalue weighted by Crippen LogP contribution is -2.33. The number of aromatic amines is 2. The molecular weight excluding hydrogens is 346 g/mol. The molecule has 0 fully saturated rings. The minimum absolute atomic E-state index is 0.146. The zero-order valence-electron chi connectivity index (χ0n) is 12.8. The number of pyridine rings is 2. The molecule has 0 saturated heterocycles. The number of hydrogen-bond donors (Lipinski definition) is 3. The van der Waals surface area contributed by atoms with Crippen LogP contribution < -0.4 is 15.7 Å². The molecule has 0 saturated carbocycles. The molecule has 128 valence electrons. The molecule has 1 aromatic carbocycles. The van der Waals surface area contributed by atoms with Crippen molar-refractivity contribution >= 4 is 26.8 Å². The van der Waals surface area contributed by atoms with Gasteiger partial charge < -0.3 is 9.97 Å². The number of hydrogen-bond acceptors (Lipinski definition) is 5. The second-order valence-electron chi connectivity index (χ2n) is 5.28. The highest BCUT2D eigenvalue weighted by Gasteiger charge is 2.19. The van der Waals surface area contributed by atoms with Crippen LogP contribution in [0.1, 0.15) is 5.56 Å². The normalized spacial score (nSPS) is 11.4. The van der Waals surface area contributed by atoms with Gasteiger partial charge in [-0.05, 0) is 18.2 Å². The molecule has 0 bridgehead atoms. The van der Waals surface area contributed by atoms with Crippen LogP contribution in [0.5, 0.6) is 0 Å². The third-order valence-electron chi connectivity index (χ3n) is 3.53. The van der Waals surface area contributed by atoms with E-state index < -0.39 is 27.9 Å². The van der Waals surface area contributed by atoms with Gasteiger partial charge in [-0.3, -0.25) is 14.4 Å². The van der Waals surface area contributed by atoms with E-state index in [2.05, 4.69) is 9.97 Å². The Balaban J connectivity index is 1.83. The Bertz CT molecular complexity index is 1160. The molecule has 25 heavy (non-hydrogen) atoms. The van der Waals surface area contributed by atoms with E-state index in [0.717, 1.165) is 18.3 Å². The maximum atomic E-state index is 12.3. The summed E-state index contributed by atoms with van der Waals surface area (Å²) >= 11 is 0. The van der Waals surface area contributed by atoms with Crippen LogP contribution >= 0.6 is 0 Å². The van der Waals surface area contributed by atoms with E-state index in [9.17, 15) is 22.8 Å². The van der Waals surface area contributed by atoms with Gasteiger partial charge in [0.05, 0.1) is 6.42 Å². The number of nitrogens with one attached hydrogen (secondary N) is 3. The average molecular weight is 359 g/mol. The number of sulfonamides is 1. The average Bonchev–Trinajstić information content (AvgIpc) is 2.57. The summed E-state index contributed by atoms with van der Waals surface area (Å²) in [6.45, 7) is 0. The predicted molar refractivity (Wildman–Crippen MR) is 90.7 cm³/mol. The summed E-state index contributed by atoms with van der Waals surface area (Å²) in [5.41, 5.74) is -0.0377. The first-order valence-electron chi connectivity index (χ1n) is 7.20. The molecule has 9 heteroatoms. The summed E-state index contributed by atoms with van der Waals surface area (Å²) in [7, 11) is -4.13. The van der Waals surface area contributed by atoms with Crippen molar-refractivity contribution in [2.75, 3.05) is 0 Å². The molecule has 3 N–H and O–H groups in total. The van der Waals surface area contributed by atoms with Gasteiger partial charge in [0.15, 0.2) is 5.43 Å². The molecule has 0 spiro atoms. The zero-order valence-corrected chi connectivity index (χ0v) is 13.6. The van der Waals surface area contributed by atoms with Gasteiger partial charge in [0.25, 0.3) is 10.0 Å². The fourth-order valence-corrected chi connectivity index (χ4v) is 3.27. The van der Waals surface area contributed by atoms with E-state index in [1.54, 1.807) is 24.3 Å². The van der Waals surface area contributed by atoms with Crippen molar-refractivity contribution in [1.82, 2.24) is 14.7 Å². The fourth-order valence-electron chi connectivity index (χ4n) is 2.32. The molecule has 0 aliphatic rings. The predicted octanol–water partition coefficient (Wildman–Crippen LogP) is 0.264. The molecule has 0 aliphatic heterocycles. The number of carbonyl (C=O) groups is 1. The Kier molecular flexibility index (Phi) is 4.24. The third kappa shape index (κ3) is 3.50. The lowest BCUT2D eigenvalue weighted by molar-refractivity contribution is -0.118. The fraction of sp³-hybridized carbons (Fsp3) is 0.0625. The van der Waals surface area contributed by atoms with E-state index in [1.807, 2.05) is 4.72 Å². The molecule has 2 aromatic heterocycles. The van der Waals surface area contributed by atoms with Gasteiger partial charge in [-0.1, -0.05) is 12.1 Å². The largest absolute Gasteiger partial charge is 0.361 e. The first kappa shape index (κ1) is 16.7. The number of carbonyl (C=O) groups excluding carboxylic acids is 1. The lowest BCUT2D eigenvalue weighted by Gasteiger charge is -2.07. The van der Waals surface area contributed by atoms with Crippen molar-refractivity contribution < 1.29 is 13.2 Å². The Hall–Kier alpha value is -3.20. The van der Waals surface area contributed by atoms with Crippen molar-refractivity contribution in [1.29, 1.82) is 0 Å². The van der Waals surface area contributed by atoms with E-state index in [-0.39, 0.29) is 15.9 Å². The van der Waals surface area contributed by atoms with Gasteiger partial charge in [0.1, 0.15) is 4.90 Å². The van der Waals surface area contributed by atoms with Gasteiger partial charge in [0, 0.05) is 34.9 Å². The van der Waals surface area contributed by atoms with Crippen molar-refractivity contribution in [3.63, 3.8) is 0 Å². The monoisotopic (exact) mass is 359 g/mol. The van der Waals surface area contributed by atoms with Crippen LogP contribution in [0.15, 0.2) is 63.3 Å². The van der Waals surface area contributed by atoms with Crippen LogP contribution in [0.2, 0.25) is 0 Å². The van der Waals surface area contributed by atoms with E-state index in [4.69, 9.17) is 0 Å². The number of amides is 1. The van der Waals surface area contributed by atoms with Crippen LogP contribution in [0.3, 0.4) is 0 Å². The Labute approximate surface area is 141 Å². The molecule has 1 amide bonds. The highest BCUT2D eigenvalue weighted by Crippen LogP contribution is 2.08. The first-order valence-corrected chi connectivity index (χ1v) is 8.69. The van der Waals surface area contributed by atoms with Gasteiger partial charge in [-0.2, -0.15) is 0 Å². The second-order valence-corrected chi connectivity index (χ2v) is 6.97. The quantitative estimate of drug-likeness (QED) is 0.615. The van der Waals surface area contributed by atoms with Crippen molar-refractivity contribution in [3.05, 3.63) is 74.9 Å². The van der Waals surface area contributed by atoms with Crippen LogP contribution in [0.25, 0.3) is 10.9 Å². The van der Waals surface area contributed by atoms with Gasteiger partial charge >= 0.3 is 0 Å². The first-order chi connectivity index (χ1) is 11.9. The summed E-state index contributed by atoms with van der Waals surface area (Å²) in [6, 6.07) is 8.92. The van der Waals surface area contributed by atoms with Crippen LogP contribution in [-0.2, 0) is 21.2 Å². The SMILES string of the molecule is O=C(Cc1c[nH]c2ccccc2c1=O)NS(=O)(=O)c1ccc(=O)[nH]c1. The minimum Gasteiger partial charge on any atom is -0.361 e. The molecule has 0 atom stereocenters. The van der Waals surface area contributed by atoms with Crippen LogP contribution in [0.4, 0.5) is 0 Å². The van der Waals surface area contributed by atoms with Crippen molar-refractivity contribution in [2.24, 2.45) is 0 Å². The smallest absolute Gasteiger partial charge is 0.265 e. The Morgan fingerprint density at radius 2 is 1.76 bits per heavy atom. The number of rotatable bonds is 4. The zero-order chi connectivity index (χ0) is 18.0. The third-order valence-corrected chi connectivity index (χ3v) is 4.90. The highest BCUT2D eigenvalue weighted by atomic mass is 32.2.